The Bertz CT molecular complexity index is 163. The minimum absolute atomic E-state index is 0.221. The fraction of sp³-hybridized carbons (Fsp3) is 1.00. The normalized spacial score (nSPS) is 41.1. The van der Waals surface area contributed by atoms with Crippen molar-refractivity contribution in [2.75, 3.05) is 6.61 Å². The molecule has 0 radical (unpaired) electrons. The Labute approximate surface area is 81.0 Å². The van der Waals surface area contributed by atoms with E-state index in [-0.39, 0.29) is 6.61 Å². The molecule has 2 N–H and O–H groups in total. The Hall–Kier alpha value is -0.0800. The lowest BCUT2D eigenvalue weighted by Crippen LogP contribution is -2.39. The van der Waals surface area contributed by atoms with Crippen LogP contribution in [0.3, 0.4) is 0 Å². The van der Waals surface area contributed by atoms with Gasteiger partial charge in [-0.3, -0.25) is 0 Å². The van der Waals surface area contributed by atoms with Gasteiger partial charge in [0.05, 0.1) is 5.60 Å². The largest absolute Gasteiger partial charge is 0.396 e. The summed E-state index contributed by atoms with van der Waals surface area (Å²) in [5.41, 5.74) is -0.543. The highest BCUT2D eigenvalue weighted by atomic mass is 16.3. The molecular formula is C11H22O2. The molecule has 0 bridgehead atoms. The van der Waals surface area contributed by atoms with Crippen LogP contribution < -0.4 is 0 Å². The standard InChI is InChI=1S/C11H22O2/c1-8(2)10-4-5-11(3,13)6-9(10)7-12/h8-10,12-13H,4-7H2,1-3H3/t9-,10-,11+/m0/s1. The molecule has 0 unspecified atom stereocenters. The van der Waals surface area contributed by atoms with E-state index in [0.29, 0.717) is 17.8 Å². The average Bonchev–Trinajstić information content (AvgIpc) is 2.01. The van der Waals surface area contributed by atoms with E-state index in [0.717, 1.165) is 19.3 Å². The van der Waals surface area contributed by atoms with E-state index in [1.54, 1.807) is 0 Å². The molecule has 0 aliphatic heterocycles. The third kappa shape index (κ3) is 2.68. The zero-order chi connectivity index (χ0) is 10.1. The molecule has 1 aliphatic carbocycles. The molecule has 0 heterocycles. The molecule has 0 aromatic heterocycles. The molecule has 13 heavy (non-hydrogen) atoms. The number of hydrogen-bond acceptors (Lipinski definition) is 2. The second-order valence-corrected chi connectivity index (χ2v) is 5.09. The van der Waals surface area contributed by atoms with E-state index < -0.39 is 5.60 Å². The Morgan fingerprint density at radius 3 is 2.54 bits per heavy atom. The molecule has 78 valence electrons. The van der Waals surface area contributed by atoms with E-state index in [4.69, 9.17) is 0 Å². The highest BCUT2D eigenvalue weighted by Gasteiger charge is 2.36. The van der Waals surface area contributed by atoms with Gasteiger partial charge in [-0.15, -0.1) is 0 Å². The molecule has 0 saturated heterocycles. The molecule has 2 nitrogen and oxygen atoms in total. The maximum atomic E-state index is 9.86. The second kappa shape index (κ2) is 3.97. The minimum atomic E-state index is -0.543. The molecule has 0 aromatic carbocycles. The summed E-state index contributed by atoms with van der Waals surface area (Å²) >= 11 is 0. The monoisotopic (exact) mass is 186 g/mol. The molecule has 1 fully saturated rings. The number of aliphatic hydroxyl groups excluding tert-OH is 1. The van der Waals surface area contributed by atoms with Gasteiger partial charge in [-0.05, 0) is 43.9 Å². The molecule has 3 atom stereocenters. The first kappa shape index (κ1) is 11.0. The van der Waals surface area contributed by atoms with Gasteiger partial charge in [0.15, 0.2) is 0 Å². The van der Waals surface area contributed by atoms with Crippen LogP contribution in [0, 0.1) is 17.8 Å². The highest BCUT2D eigenvalue weighted by molar-refractivity contribution is 4.88. The molecule has 0 amide bonds. The van der Waals surface area contributed by atoms with Crippen LogP contribution in [0.25, 0.3) is 0 Å². The van der Waals surface area contributed by atoms with E-state index in [2.05, 4.69) is 13.8 Å². The van der Waals surface area contributed by atoms with Crippen LogP contribution in [-0.4, -0.2) is 22.4 Å². The highest BCUT2D eigenvalue weighted by Crippen LogP contribution is 2.39. The maximum absolute atomic E-state index is 9.86. The number of rotatable bonds is 2. The zero-order valence-corrected chi connectivity index (χ0v) is 8.95. The summed E-state index contributed by atoms with van der Waals surface area (Å²) in [7, 11) is 0. The molecule has 1 aliphatic rings. The van der Waals surface area contributed by atoms with Crippen LogP contribution in [0.4, 0.5) is 0 Å². The summed E-state index contributed by atoms with van der Waals surface area (Å²) in [6.07, 6.45) is 2.69. The average molecular weight is 186 g/mol. The fourth-order valence-corrected chi connectivity index (χ4v) is 2.61. The Morgan fingerprint density at radius 2 is 2.08 bits per heavy atom. The summed E-state index contributed by atoms with van der Waals surface area (Å²) in [5.74, 6) is 1.50. The quantitative estimate of drug-likeness (QED) is 0.690. The van der Waals surface area contributed by atoms with Crippen LogP contribution >= 0.6 is 0 Å². The summed E-state index contributed by atoms with van der Waals surface area (Å²) in [5, 5.41) is 19.1. The molecule has 1 saturated carbocycles. The van der Waals surface area contributed by atoms with E-state index in [1.807, 2.05) is 6.92 Å². The van der Waals surface area contributed by atoms with Gasteiger partial charge in [0.25, 0.3) is 0 Å². The molecule has 2 heteroatoms. The van der Waals surface area contributed by atoms with E-state index in [9.17, 15) is 10.2 Å². The lowest BCUT2D eigenvalue weighted by atomic mass is 9.69. The van der Waals surface area contributed by atoms with Crippen LogP contribution in [0.1, 0.15) is 40.0 Å². The van der Waals surface area contributed by atoms with E-state index in [1.165, 1.54) is 0 Å². The van der Waals surface area contributed by atoms with E-state index >= 15 is 0 Å². The molecule has 0 spiro atoms. The van der Waals surface area contributed by atoms with Gasteiger partial charge >= 0.3 is 0 Å². The van der Waals surface area contributed by atoms with Crippen LogP contribution in [0.2, 0.25) is 0 Å². The van der Waals surface area contributed by atoms with Crippen molar-refractivity contribution in [2.24, 2.45) is 17.8 Å². The molecule has 1 rings (SSSR count). The van der Waals surface area contributed by atoms with Crippen LogP contribution in [0.15, 0.2) is 0 Å². The van der Waals surface area contributed by atoms with Crippen molar-refractivity contribution in [1.82, 2.24) is 0 Å². The first-order valence-electron chi connectivity index (χ1n) is 5.29. The summed E-state index contributed by atoms with van der Waals surface area (Å²) in [6.45, 7) is 6.51. The number of aliphatic hydroxyl groups is 2. The first-order valence-corrected chi connectivity index (χ1v) is 5.29. The third-order valence-electron chi connectivity index (χ3n) is 3.41. The topological polar surface area (TPSA) is 40.5 Å². The second-order valence-electron chi connectivity index (χ2n) is 5.09. The van der Waals surface area contributed by atoms with Gasteiger partial charge in [-0.2, -0.15) is 0 Å². The molecule has 0 aromatic rings. The van der Waals surface area contributed by atoms with Gasteiger partial charge in [-0.1, -0.05) is 13.8 Å². The van der Waals surface area contributed by atoms with Gasteiger partial charge in [0.1, 0.15) is 0 Å². The van der Waals surface area contributed by atoms with Crippen molar-refractivity contribution in [1.29, 1.82) is 0 Å². The Balaban J connectivity index is 2.61. The number of hydrogen-bond donors (Lipinski definition) is 2. The van der Waals surface area contributed by atoms with Gasteiger partial charge in [0.2, 0.25) is 0 Å². The molecular weight excluding hydrogens is 164 g/mol. The summed E-state index contributed by atoms with van der Waals surface area (Å²) in [6, 6.07) is 0. The predicted molar refractivity (Wildman–Crippen MR) is 53.4 cm³/mol. The van der Waals surface area contributed by atoms with Crippen molar-refractivity contribution in [3.05, 3.63) is 0 Å². The fourth-order valence-electron chi connectivity index (χ4n) is 2.61. The SMILES string of the molecule is CC(C)[C@@H]1CC[C@@](C)(O)C[C@H]1CO. The van der Waals surface area contributed by atoms with Gasteiger partial charge in [0, 0.05) is 6.61 Å². The Kier molecular flexibility index (Phi) is 3.36. The van der Waals surface area contributed by atoms with Crippen molar-refractivity contribution in [3.8, 4) is 0 Å². The summed E-state index contributed by atoms with van der Waals surface area (Å²) in [4.78, 5) is 0. The van der Waals surface area contributed by atoms with Gasteiger partial charge < -0.3 is 10.2 Å². The van der Waals surface area contributed by atoms with Crippen molar-refractivity contribution in [3.63, 3.8) is 0 Å². The van der Waals surface area contributed by atoms with Crippen LogP contribution in [0.5, 0.6) is 0 Å². The zero-order valence-electron chi connectivity index (χ0n) is 8.95. The third-order valence-corrected chi connectivity index (χ3v) is 3.41. The minimum Gasteiger partial charge on any atom is -0.396 e. The van der Waals surface area contributed by atoms with Crippen LogP contribution in [-0.2, 0) is 0 Å². The first-order chi connectivity index (χ1) is 5.96. The smallest absolute Gasteiger partial charge is 0.0623 e. The summed E-state index contributed by atoms with van der Waals surface area (Å²) < 4.78 is 0. The predicted octanol–water partition coefficient (Wildman–Crippen LogP) is 1.80. The van der Waals surface area contributed by atoms with Crippen molar-refractivity contribution < 1.29 is 10.2 Å². The van der Waals surface area contributed by atoms with Crippen molar-refractivity contribution >= 4 is 0 Å². The van der Waals surface area contributed by atoms with Crippen molar-refractivity contribution in [2.45, 2.75) is 45.6 Å². The lowest BCUT2D eigenvalue weighted by molar-refractivity contribution is -0.0429. The lowest BCUT2D eigenvalue weighted by Gasteiger charge is -2.40. The Morgan fingerprint density at radius 1 is 1.46 bits per heavy atom. The van der Waals surface area contributed by atoms with Gasteiger partial charge in [-0.25, -0.2) is 0 Å². The maximum Gasteiger partial charge on any atom is 0.0623 e.